The van der Waals surface area contributed by atoms with Crippen molar-refractivity contribution in [3.8, 4) is 0 Å². The molecule has 2 saturated carbocycles. The molecule has 1 saturated heterocycles. The zero-order chi connectivity index (χ0) is 15.8. The molecule has 1 aliphatic heterocycles. The van der Waals surface area contributed by atoms with E-state index in [1.807, 2.05) is 4.90 Å². The Morgan fingerprint density at radius 3 is 2.87 bits per heavy atom. The molecule has 2 amide bonds. The van der Waals surface area contributed by atoms with Crippen LogP contribution in [0, 0.1) is 0 Å². The molecule has 0 spiro atoms. The van der Waals surface area contributed by atoms with Crippen molar-refractivity contribution in [1.29, 1.82) is 0 Å². The van der Waals surface area contributed by atoms with E-state index in [-0.39, 0.29) is 17.9 Å². The molecule has 2 heterocycles. The topological polar surface area (TPSA) is 88.3 Å². The van der Waals surface area contributed by atoms with Gasteiger partial charge in [-0.3, -0.25) is 9.59 Å². The second kappa shape index (κ2) is 5.94. The Morgan fingerprint density at radius 1 is 1.30 bits per heavy atom. The van der Waals surface area contributed by atoms with Crippen LogP contribution in [0.2, 0.25) is 0 Å². The highest BCUT2D eigenvalue weighted by Gasteiger charge is 2.39. The molecule has 4 rings (SSSR count). The number of carbonyl (C=O) groups excluding carboxylic acids is 2. The van der Waals surface area contributed by atoms with E-state index in [0.29, 0.717) is 50.1 Å². The maximum absolute atomic E-state index is 12.0. The largest absolute Gasteiger partial charge is 0.351 e. The molecule has 7 heteroatoms. The van der Waals surface area contributed by atoms with Crippen LogP contribution in [-0.4, -0.2) is 45.5 Å². The summed E-state index contributed by atoms with van der Waals surface area (Å²) in [5, 5.41) is 6.94. The summed E-state index contributed by atoms with van der Waals surface area (Å²) in [6, 6.07) is 0.406. The van der Waals surface area contributed by atoms with Gasteiger partial charge in [-0.25, -0.2) is 0 Å². The Kier molecular flexibility index (Phi) is 3.79. The standard InChI is InChI=1S/C16H22N4O3/c21-13(17-11-8-15(22)20(9-11)12-6-7-12)2-1-3-14-18-16(19-23-14)10-4-5-10/h10-12H,1-9H2,(H,17,21)/t11-/m0/s1. The van der Waals surface area contributed by atoms with Gasteiger partial charge in [-0.2, -0.15) is 4.98 Å². The van der Waals surface area contributed by atoms with Gasteiger partial charge in [0.25, 0.3) is 0 Å². The van der Waals surface area contributed by atoms with E-state index in [1.165, 1.54) is 0 Å². The molecule has 3 fully saturated rings. The minimum absolute atomic E-state index is 0.00220. The minimum atomic E-state index is -0.0273. The van der Waals surface area contributed by atoms with Crippen LogP contribution in [0.5, 0.6) is 0 Å². The van der Waals surface area contributed by atoms with Gasteiger partial charge in [0.1, 0.15) is 0 Å². The maximum atomic E-state index is 12.0. The van der Waals surface area contributed by atoms with Gasteiger partial charge < -0.3 is 14.7 Å². The first-order valence-electron chi connectivity index (χ1n) is 8.60. The van der Waals surface area contributed by atoms with Gasteiger partial charge in [-0.05, 0) is 32.1 Å². The Morgan fingerprint density at radius 2 is 2.13 bits per heavy atom. The van der Waals surface area contributed by atoms with Crippen LogP contribution in [0.1, 0.15) is 62.6 Å². The number of nitrogens with zero attached hydrogens (tertiary/aromatic N) is 3. The Bertz CT molecular complexity index is 606. The Labute approximate surface area is 134 Å². The number of carbonyl (C=O) groups is 2. The molecule has 124 valence electrons. The minimum Gasteiger partial charge on any atom is -0.351 e. The summed E-state index contributed by atoms with van der Waals surface area (Å²) in [5.41, 5.74) is 0. The van der Waals surface area contributed by atoms with Gasteiger partial charge in [0, 0.05) is 37.8 Å². The number of amides is 2. The highest BCUT2D eigenvalue weighted by Crippen LogP contribution is 2.38. The zero-order valence-corrected chi connectivity index (χ0v) is 13.2. The fourth-order valence-electron chi connectivity index (χ4n) is 3.14. The predicted molar refractivity (Wildman–Crippen MR) is 80.5 cm³/mol. The summed E-state index contributed by atoms with van der Waals surface area (Å²) in [6.45, 7) is 0.670. The quantitative estimate of drug-likeness (QED) is 0.814. The Hall–Kier alpha value is -1.92. The van der Waals surface area contributed by atoms with Gasteiger partial charge in [0.2, 0.25) is 17.7 Å². The molecule has 0 radical (unpaired) electrons. The van der Waals surface area contributed by atoms with Crippen molar-refractivity contribution in [2.24, 2.45) is 0 Å². The lowest BCUT2D eigenvalue weighted by molar-refractivity contribution is -0.128. The summed E-state index contributed by atoms with van der Waals surface area (Å²) in [5.74, 6) is 2.11. The molecule has 1 aromatic rings. The van der Waals surface area contributed by atoms with E-state index in [4.69, 9.17) is 4.52 Å². The third-order valence-electron chi connectivity index (χ3n) is 4.73. The zero-order valence-electron chi connectivity index (χ0n) is 13.2. The molecule has 7 nitrogen and oxygen atoms in total. The van der Waals surface area contributed by atoms with Crippen molar-refractivity contribution in [1.82, 2.24) is 20.4 Å². The van der Waals surface area contributed by atoms with Crippen LogP contribution in [0.15, 0.2) is 4.52 Å². The van der Waals surface area contributed by atoms with E-state index >= 15 is 0 Å². The second-order valence-corrected chi connectivity index (χ2v) is 6.92. The molecule has 0 bridgehead atoms. The van der Waals surface area contributed by atoms with Gasteiger partial charge >= 0.3 is 0 Å². The first-order valence-corrected chi connectivity index (χ1v) is 8.60. The van der Waals surface area contributed by atoms with Crippen molar-refractivity contribution < 1.29 is 14.1 Å². The van der Waals surface area contributed by atoms with Gasteiger partial charge in [0.05, 0.1) is 6.04 Å². The molecular formula is C16H22N4O3. The SMILES string of the molecule is O=C(CCCc1nc(C2CC2)no1)N[C@H]1CC(=O)N(C2CC2)C1. The highest BCUT2D eigenvalue weighted by molar-refractivity contribution is 5.82. The fraction of sp³-hybridized carbons (Fsp3) is 0.750. The van der Waals surface area contributed by atoms with Crippen LogP contribution >= 0.6 is 0 Å². The number of nitrogens with one attached hydrogen (secondary N) is 1. The van der Waals surface area contributed by atoms with Gasteiger partial charge in [0.15, 0.2) is 5.82 Å². The third kappa shape index (κ3) is 3.54. The molecule has 1 aromatic heterocycles. The smallest absolute Gasteiger partial charge is 0.226 e. The molecular weight excluding hydrogens is 296 g/mol. The second-order valence-electron chi connectivity index (χ2n) is 6.92. The van der Waals surface area contributed by atoms with Crippen LogP contribution < -0.4 is 5.32 Å². The van der Waals surface area contributed by atoms with E-state index < -0.39 is 0 Å². The van der Waals surface area contributed by atoms with Crippen LogP contribution in [0.3, 0.4) is 0 Å². The molecule has 1 N–H and O–H groups in total. The molecule has 2 aliphatic carbocycles. The summed E-state index contributed by atoms with van der Waals surface area (Å²) in [4.78, 5) is 30.1. The average Bonchev–Trinajstić information content (AvgIpc) is 3.44. The summed E-state index contributed by atoms with van der Waals surface area (Å²) < 4.78 is 5.20. The Balaban J connectivity index is 1.17. The fourth-order valence-corrected chi connectivity index (χ4v) is 3.14. The average molecular weight is 318 g/mol. The molecule has 0 unspecified atom stereocenters. The lowest BCUT2D eigenvalue weighted by atomic mass is 10.2. The summed E-state index contributed by atoms with van der Waals surface area (Å²) in [7, 11) is 0. The molecule has 3 aliphatic rings. The normalized spacial score (nSPS) is 24.3. The third-order valence-corrected chi connectivity index (χ3v) is 4.73. The predicted octanol–water partition coefficient (Wildman–Crippen LogP) is 1.15. The van der Waals surface area contributed by atoms with E-state index in [9.17, 15) is 9.59 Å². The number of hydrogen-bond donors (Lipinski definition) is 1. The van der Waals surface area contributed by atoms with E-state index in [2.05, 4.69) is 15.5 Å². The van der Waals surface area contributed by atoms with Gasteiger partial charge in [-0.15, -0.1) is 0 Å². The van der Waals surface area contributed by atoms with E-state index in [1.54, 1.807) is 0 Å². The van der Waals surface area contributed by atoms with Crippen molar-refractivity contribution in [3.63, 3.8) is 0 Å². The number of likely N-dealkylation sites (tertiary alicyclic amines) is 1. The van der Waals surface area contributed by atoms with Crippen molar-refractivity contribution in [3.05, 3.63) is 11.7 Å². The van der Waals surface area contributed by atoms with Crippen LogP contribution in [0.4, 0.5) is 0 Å². The summed E-state index contributed by atoms with van der Waals surface area (Å²) >= 11 is 0. The molecule has 0 aromatic carbocycles. The monoisotopic (exact) mass is 318 g/mol. The first kappa shape index (κ1) is 14.7. The number of rotatable bonds is 7. The number of hydrogen-bond acceptors (Lipinski definition) is 5. The van der Waals surface area contributed by atoms with E-state index in [0.717, 1.165) is 31.5 Å². The molecule has 1 atom stereocenters. The lowest BCUT2D eigenvalue weighted by Gasteiger charge is -2.16. The van der Waals surface area contributed by atoms with Crippen molar-refractivity contribution in [2.75, 3.05) is 6.54 Å². The van der Waals surface area contributed by atoms with Gasteiger partial charge in [-0.1, -0.05) is 5.16 Å². The lowest BCUT2D eigenvalue weighted by Crippen LogP contribution is -2.37. The first-order chi connectivity index (χ1) is 11.2. The number of aryl methyl sites for hydroxylation is 1. The maximum Gasteiger partial charge on any atom is 0.226 e. The highest BCUT2D eigenvalue weighted by atomic mass is 16.5. The van der Waals surface area contributed by atoms with Crippen LogP contribution in [0.25, 0.3) is 0 Å². The summed E-state index contributed by atoms with van der Waals surface area (Å²) in [6.07, 6.45) is 6.71. The van der Waals surface area contributed by atoms with Crippen molar-refractivity contribution in [2.45, 2.75) is 69.4 Å². The molecule has 23 heavy (non-hydrogen) atoms. The van der Waals surface area contributed by atoms with Crippen molar-refractivity contribution >= 4 is 11.8 Å². The number of aromatic nitrogens is 2. The van der Waals surface area contributed by atoms with Crippen LogP contribution in [-0.2, 0) is 16.0 Å².